The first-order chi connectivity index (χ1) is 8.79. The van der Waals surface area contributed by atoms with Crippen LogP contribution in [-0.4, -0.2) is 36.7 Å². The molecule has 0 unspecified atom stereocenters. The van der Waals surface area contributed by atoms with E-state index in [0.717, 1.165) is 32.5 Å². The summed E-state index contributed by atoms with van der Waals surface area (Å²) in [4.78, 5) is 15.0. The van der Waals surface area contributed by atoms with E-state index < -0.39 is 0 Å². The van der Waals surface area contributed by atoms with E-state index in [4.69, 9.17) is 0 Å². The van der Waals surface area contributed by atoms with Gasteiger partial charge in [-0.3, -0.25) is 4.79 Å². The molecule has 1 fully saturated rings. The second-order valence-electron chi connectivity index (χ2n) is 4.55. The summed E-state index contributed by atoms with van der Waals surface area (Å²) >= 11 is 1.63. The largest absolute Gasteiger partial charge is 0.342 e. The molecule has 0 bridgehead atoms. The quantitative estimate of drug-likeness (QED) is 0.827. The predicted octanol–water partition coefficient (Wildman–Crippen LogP) is 2.12. The Bertz CT molecular complexity index is 385. The zero-order chi connectivity index (χ0) is 12.8. The maximum Gasteiger partial charge on any atom is 0.232 e. The van der Waals surface area contributed by atoms with Crippen LogP contribution in [0.3, 0.4) is 0 Å². The number of hydrogen-bond donors (Lipinski definition) is 1. The van der Waals surface area contributed by atoms with Gasteiger partial charge in [0.15, 0.2) is 0 Å². The molecule has 1 saturated heterocycles. The van der Waals surface area contributed by atoms with Crippen molar-refractivity contribution in [2.24, 2.45) is 0 Å². The fraction of sp³-hybridized carbons (Fsp3) is 0.500. The second-order valence-corrected chi connectivity index (χ2v) is 5.60. The van der Waals surface area contributed by atoms with Crippen molar-refractivity contribution in [1.82, 2.24) is 10.2 Å². The van der Waals surface area contributed by atoms with Crippen LogP contribution in [0.2, 0.25) is 0 Å². The molecule has 1 aromatic rings. The smallest absolute Gasteiger partial charge is 0.232 e. The fourth-order valence-electron chi connectivity index (χ4n) is 2.11. The van der Waals surface area contributed by atoms with Gasteiger partial charge in [-0.05, 0) is 37.6 Å². The zero-order valence-corrected chi connectivity index (χ0v) is 11.6. The number of likely N-dealkylation sites (tertiary alicyclic amines) is 1. The Labute approximate surface area is 113 Å². The van der Waals surface area contributed by atoms with Gasteiger partial charge in [-0.15, -0.1) is 11.8 Å². The monoisotopic (exact) mass is 264 g/mol. The summed E-state index contributed by atoms with van der Waals surface area (Å²) in [5.74, 6) is 0.836. The van der Waals surface area contributed by atoms with Crippen LogP contribution in [-0.2, 0) is 11.3 Å². The summed E-state index contributed by atoms with van der Waals surface area (Å²) in [6.07, 6.45) is 2.32. The van der Waals surface area contributed by atoms with Gasteiger partial charge in [0.2, 0.25) is 5.91 Å². The first-order valence-electron chi connectivity index (χ1n) is 6.44. The molecule has 1 amide bonds. The number of benzene rings is 1. The highest BCUT2D eigenvalue weighted by Crippen LogP contribution is 2.20. The molecule has 0 spiro atoms. The van der Waals surface area contributed by atoms with E-state index in [1.807, 2.05) is 11.9 Å². The number of thioether (sulfide) groups is 1. The Balaban J connectivity index is 1.80. The van der Waals surface area contributed by atoms with Gasteiger partial charge in [-0.2, -0.15) is 0 Å². The lowest BCUT2D eigenvalue weighted by Crippen LogP contribution is -2.29. The fourth-order valence-corrected chi connectivity index (χ4v) is 2.91. The molecule has 0 aromatic heterocycles. The summed E-state index contributed by atoms with van der Waals surface area (Å²) in [6.45, 7) is 2.78. The van der Waals surface area contributed by atoms with Gasteiger partial charge in [-0.25, -0.2) is 0 Å². The molecule has 98 valence electrons. The van der Waals surface area contributed by atoms with Gasteiger partial charge < -0.3 is 10.2 Å². The highest BCUT2D eigenvalue weighted by molar-refractivity contribution is 8.00. The van der Waals surface area contributed by atoms with Crippen molar-refractivity contribution in [1.29, 1.82) is 0 Å². The van der Waals surface area contributed by atoms with Crippen molar-refractivity contribution < 1.29 is 4.79 Å². The molecule has 0 radical (unpaired) electrons. The molecular formula is C14H20N2OS. The van der Waals surface area contributed by atoms with Crippen LogP contribution in [0.15, 0.2) is 29.2 Å². The number of nitrogens with one attached hydrogen (secondary N) is 1. The number of hydrogen-bond acceptors (Lipinski definition) is 3. The normalized spacial score (nSPS) is 15.1. The Morgan fingerprint density at radius 1 is 1.28 bits per heavy atom. The average molecular weight is 264 g/mol. The van der Waals surface area contributed by atoms with Gasteiger partial charge in [-0.1, -0.05) is 12.1 Å². The van der Waals surface area contributed by atoms with Gasteiger partial charge in [0.25, 0.3) is 0 Å². The Morgan fingerprint density at radius 3 is 2.56 bits per heavy atom. The minimum Gasteiger partial charge on any atom is -0.342 e. The van der Waals surface area contributed by atoms with Crippen molar-refractivity contribution in [3.63, 3.8) is 0 Å². The first-order valence-corrected chi connectivity index (χ1v) is 7.42. The van der Waals surface area contributed by atoms with Crippen LogP contribution < -0.4 is 5.32 Å². The summed E-state index contributed by atoms with van der Waals surface area (Å²) in [6, 6.07) is 8.40. The van der Waals surface area contributed by atoms with Gasteiger partial charge in [0.05, 0.1) is 5.75 Å². The molecule has 1 aromatic carbocycles. The van der Waals surface area contributed by atoms with E-state index in [-0.39, 0.29) is 5.91 Å². The van der Waals surface area contributed by atoms with Crippen LogP contribution in [0.25, 0.3) is 0 Å². The van der Waals surface area contributed by atoms with E-state index in [1.165, 1.54) is 10.5 Å². The van der Waals surface area contributed by atoms with Crippen molar-refractivity contribution in [3.05, 3.63) is 29.8 Å². The Kier molecular flexibility index (Phi) is 5.08. The van der Waals surface area contributed by atoms with E-state index in [9.17, 15) is 4.79 Å². The molecule has 4 heteroatoms. The summed E-state index contributed by atoms with van der Waals surface area (Å²) in [7, 11) is 1.94. The molecule has 1 N–H and O–H groups in total. The summed E-state index contributed by atoms with van der Waals surface area (Å²) in [5.41, 5.74) is 1.27. The number of nitrogens with zero attached hydrogens (tertiary/aromatic N) is 1. The third kappa shape index (κ3) is 3.75. The maximum atomic E-state index is 11.9. The predicted molar refractivity (Wildman–Crippen MR) is 75.7 cm³/mol. The molecule has 1 aliphatic rings. The summed E-state index contributed by atoms with van der Waals surface area (Å²) < 4.78 is 0. The van der Waals surface area contributed by atoms with Gasteiger partial charge in [0.1, 0.15) is 0 Å². The average Bonchev–Trinajstić information content (AvgIpc) is 2.92. The Hall–Kier alpha value is -1.00. The number of carbonyl (C=O) groups is 1. The molecule has 3 nitrogen and oxygen atoms in total. The lowest BCUT2D eigenvalue weighted by molar-refractivity contribution is -0.127. The number of carbonyl (C=O) groups excluding carboxylic acids is 1. The van der Waals surface area contributed by atoms with Crippen LogP contribution in [0.1, 0.15) is 18.4 Å². The van der Waals surface area contributed by atoms with E-state index in [2.05, 4.69) is 29.6 Å². The molecule has 0 atom stereocenters. The zero-order valence-electron chi connectivity index (χ0n) is 10.8. The van der Waals surface area contributed by atoms with Crippen molar-refractivity contribution in [2.45, 2.75) is 24.3 Å². The van der Waals surface area contributed by atoms with Crippen molar-refractivity contribution in [2.75, 3.05) is 25.9 Å². The van der Waals surface area contributed by atoms with Crippen LogP contribution >= 0.6 is 11.8 Å². The van der Waals surface area contributed by atoms with Crippen LogP contribution in [0.5, 0.6) is 0 Å². The molecule has 18 heavy (non-hydrogen) atoms. The highest BCUT2D eigenvalue weighted by atomic mass is 32.2. The minimum atomic E-state index is 0.275. The number of amides is 1. The van der Waals surface area contributed by atoms with Crippen molar-refractivity contribution in [3.8, 4) is 0 Å². The lowest BCUT2D eigenvalue weighted by Gasteiger charge is -2.14. The molecular weight excluding hydrogens is 244 g/mol. The molecule has 1 aliphatic heterocycles. The lowest BCUT2D eigenvalue weighted by atomic mass is 10.2. The third-order valence-electron chi connectivity index (χ3n) is 3.13. The Morgan fingerprint density at radius 2 is 1.94 bits per heavy atom. The summed E-state index contributed by atoms with van der Waals surface area (Å²) in [5, 5.41) is 3.12. The van der Waals surface area contributed by atoms with E-state index in [0.29, 0.717) is 5.75 Å². The third-order valence-corrected chi connectivity index (χ3v) is 4.12. The SMILES string of the molecule is CNCc1ccc(SCC(=O)N2CCCC2)cc1. The molecule has 2 rings (SSSR count). The van der Waals surface area contributed by atoms with Crippen molar-refractivity contribution >= 4 is 17.7 Å². The maximum absolute atomic E-state index is 11.9. The highest BCUT2D eigenvalue weighted by Gasteiger charge is 2.17. The molecule has 0 saturated carbocycles. The van der Waals surface area contributed by atoms with Crippen LogP contribution in [0.4, 0.5) is 0 Å². The minimum absolute atomic E-state index is 0.275. The van der Waals surface area contributed by atoms with Gasteiger partial charge in [0, 0.05) is 24.5 Å². The van der Waals surface area contributed by atoms with E-state index >= 15 is 0 Å². The van der Waals surface area contributed by atoms with E-state index in [1.54, 1.807) is 11.8 Å². The number of rotatable bonds is 5. The standard InChI is InChI=1S/C14H20N2OS/c1-15-10-12-4-6-13(7-5-12)18-11-14(17)16-8-2-3-9-16/h4-7,15H,2-3,8-11H2,1H3. The second kappa shape index (κ2) is 6.81. The van der Waals surface area contributed by atoms with Gasteiger partial charge >= 0.3 is 0 Å². The molecule has 1 heterocycles. The molecule has 0 aliphatic carbocycles. The topological polar surface area (TPSA) is 32.3 Å². The first kappa shape index (κ1) is 13.4. The van der Waals surface area contributed by atoms with Crippen LogP contribution in [0, 0.1) is 0 Å².